The topological polar surface area (TPSA) is 117 Å². The van der Waals surface area contributed by atoms with Gasteiger partial charge in [0.1, 0.15) is 28.6 Å². The van der Waals surface area contributed by atoms with Crippen molar-refractivity contribution in [3.05, 3.63) is 40.8 Å². The molecule has 0 atom stereocenters. The number of carbonyl (C=O) groups excluding carboxylic acids is 2. The maximum Gasteiger partial charge on any atom is 0.373 e. The van der Waals surface area contributed by atoms with E-state index in [9.17, 15) is 24.9 Å². The predicted molar refractivity (Wildman–Crippen MR) is 74.3 cm³/mol. The van der Waals surface area contributed by atoms with Gasteiger partial charge >= 0.3 is 5.97 Å². The van der Waals surface area contributed by atoms with Crippen molar-refractivity contribution in [2.24, 2.45) is 0 Å². The number of hydrogen-bond donors (Lipinski definition) is 3. The summed E-state index contributed by atoms with van der Waals surface area (Å²) < 4.78 is 9.71. The van der Waals surface area contributed by atoms with Crippen LogP contribution < -0.4 is 0 Å². The SMILES string of the molecule is COC(=O)c1cc(CC(=O)c2c(O)cc(O)cc2O)c(C)o1. The van der Waals surface area contributed by atoms with Crippen molar-refractivity contribution in [2.75, 3.05) is 7.11 Å². The fourth-order valence-electron chi connectivity index (χ4n) is 2.04. The summed E-state index contributed by atoms with van der Waals surface area (Å²) in [6, 6.07) is 3.28. The summed E-state index contributed by atoms with van der Waals surface area (Å²) in [4.78, 5) is 23.6. The number of carbonyl (C=O) groups is 2. The molecule has 3 N–H and O–H groups in total. The Morgan fingerprint density at radius 3 is 2.27 bits per heavy atom. The van der Waals surface area contributed by atoms with Gasteiger partial charge in [0, 0.05) is 24.1 Å². The van der Waals surface area contributed by atoms with Crippen LogP contribution in [0.3, 0.4) is 0 Å². The lowest BCUT2D eigenvalue weighted by Crippen LogP contribution is -2.05. The maximum atomic E-state index is 12.2. The molecule has 7 heteroatoms. The number of phenols is 3. The molecule has 2 aromatic rings. The molecule has 0 bridgehead atoms. The fraction of sp³-hybridized carbons (Fsp3) is 0.200. The van der Waals surface area contributed by atoms with E-state index in [-0.39, 0.29) is 23.5 Å². The molecule has 2 rings (SSSR count). The zero-order chi connectivity index (χ0) is 16.4. The third kappa shape index (κ3) is 2.88. The Bertz CT molecular complexity index is 719. The Kier molecular flexibility index (Phi) is 4.07. The normalized spacial score (nSPS) is 10.5. The summed E-state index contributed by atoms with van der Waals surface area (Å²) in [5, 5.41) is 28.6. The summed E-state index contributed by atoms with van der Waals surface area (Å²) >= 11 is 0. The highest BCUT2D eigenvalue weighted by Gasteiger charge is 2.21. The van der Waals surface area contributed by atoms with Crippen molar-refractivity contribution in [1.82, 2.24) is 0 Å². The van der Waals surface area contributed by atoms with E-state index in [4.69, 9.17) is 4.42 Å². The van der Waals surface area contributed by atoms with Gasteiger partial charge in [0.25, 0.3) is 0 Å². The highest BCUT2D eigenvalue weighted by atomic mass is 16.5. The summed E-state index contributed by atoms with van der Waals surface area (Å²) in [7, 11) is 1.21. The predicted octanol–water partition coefficient (Wildman–Crippen LogP) is 1.92. The van der Waals surface area contributed by atoms with Gasteiger partial charge < -0.3 is 24.5 Å². The van der Waals surface area contributed by atoms with E-state index < -0.39 is 23.3 Å². The number of aromatic hydroxyl groups is 3. The first-order valence-electron chi connectivity index (χ1n) is 6.29. The van der Waals surface area contributed by atoms with Gasteiger partial charge in [-0.25, -0.2) is 4.79 Å². The molecule has 22 heavy (non-hydrogen) atoms. The van der Waals surface area contributed by atoms with Crippen LogP contribution >= 0.6 is 0 Å². The van der Waals surface area contributed by atoms with E-state index in [1.54, 1.807) is 6.92 Å². The van der Waals surface area contributed by atoms with Crippen molar-refractivity contribution in [3.8, 4) is 17.2 Å². The van der Waals surface area contributed by atoms with E-state index in [1.165, 1.54) is 13.2 Å². The lowest BCUT2D eigenvalue weighted by molar-refractivity contribution is 0.0563. The lowest BCUT2D eigenvalue weighted by Gasteiger charge is -2.06. The van der Waals surface area contributed by atoms with Gasteiger partial charge in [-0.3, -0.25) is 4.79 Å². The number of ether oxygens (including phenoxy) is 1. The average molecular weight is 306 g/mol. The van der Waals surface area contributed by atoms with Crippen LogP contribution in [-0.4, -0.2) is 34.2 Å². The molecule has 1 aromatic carbocycles. The monoisotopic (exact) mass is 306 g/mol. The van der Waals surface area contributed by atoms with Gasteiger partial charge in [0.2, 0.25) is 5.76 Å². The second-order valence-electron chi connectivity index (χ2n) is 4.64. The lowest BCUT2D eigenvalue weighted by atomic mass is 10.0. The number of ketones is 1. The maximum absolute atomic E-state index is 12.2. The number of methoxy groups -OCH3 is 1. The summed E-state index contributed by atoms with van der Waals surface area (Å²) in [6.07, 6.45) is -0.196. The molecular formula is C15H14O7. The number of benzene rings is 1. The highest BCUT2D eigenvalue weighted by molar-refractivity contribution is 6.02. The molecule has 0 saturated heterocycles. The molecule has 0 fully saturated rings. The van der Waals surface area contributed by atoms with Crippen LogP contribution in [0.1, 0.15) is 32.2 Å². The van der Waals surface area contributed by atoms with Crippen LogP contribution in [0.4, 0.5) is 0 Å². The van der Waals surface area contributed by atoms with Crippen LogP contribution in [-0.2, 0) is 11.2 Å². The average Bonchev–Trinajstić information content (AvgIpc) is 2.78. The first kappa shape index (κ1) is 15.4. The van der Waals surface area contributed by atoms with Crippen LogP contribution in [0.15, 0.2) is 22.6 Å². The van der Waals surface area contributed by atoms with Gasteiger partial charge in [0.05, 0.1) is 7.11 Å². The van der Waals surface area contributed by atoms with Crippen LogP contribution in [0.25, 0.3) is 0 Å². The molecule has 0 spiro atoms. The van der Waals surface area contributed by atoms with E-state index in [2.05, 4.69) is 4.74 Å². The van der Waals surface area contributed by atoms with Gasteiger partial charge in [-0.1, -0.05) is 0 Å². The number of hydrogen-bond acceptors (Lipinski definition) is 7. The minimum Gasteiger partial charge on any atom is -0.508 e. The number of aryl methyl sites for hydroxylation is 1. The minimum absolute atomic E-state index is 0.0399. The molecule has 0 aliphatic rings. The summed E-state index contributed by atoms with van der Waals surface area (Å²) in [5.74, 6) is -2.37. The Hall–Kier alpha value is -2.96. The molecule has 0 saturated carbocycles. The fourth-order valence-corrected chi connectivity index (χ4v) is 2.04. The van der Waals surface area contributed by atoms with E-state index in [1.807, 2.05) is 0 Å². The van der Waals surface area contributed by atoms with Crippen LogP contribution in [0.5, 0.6) is 17.2 Å². The Morgan fingerprint density at radius 2 is 1.73 bits per heavy atom. The van der Waals surface area contributed by atoms with Crippen molar-refractivity contribution in [1.29, 1.82) is 0 Å². The number of Topliss-reactive ketones (excluding diaryl/α,β-unsaturated/α-hetero) is 1. The standard InChI is InChI=1S/C15H14O7/c1-7-8(4-13(22-7)15(20)21-2)3-10(17)14-11(18)5-9(16)6-12(14)19/h4-6,16,18-19H,3H2,1-2H3. The highest BCUT2D eigenvalue weighted by Crippen LogP contribution is 2.33. The number of rotatable bonds is 4. The number of furan rings is 1. The van der Waals surface area contributed by atoms with Crippen molar-refractivity contribution >= 4 is 11.8 Å². The molecule has 7 nitrogen and oxygen atoms in total. The van der Waals surface area contributed by atoms with E-state index in [0.29, 0.717) is 11.3 Å². The van der Waals surface area contributed by atoms with Crippen LogP contribution in [0.2, 0.25) is 0 Å². The summed E-state index contributed by atoms with van der Waals surface area (Å²) in [6.45, 7) is 1.57. The van der Waals surface area contributed by atoms with E-state index in [0.717, 1.165) is 12.1 Å². The molecule has 116 valence electrons. The second kappa shape index (κ2) is 5.80. The van der Waals surface area contributed by atoms with Crippen molar-refractivity contribution in [3.63, 3.8) is 0 Å². The molecule has 0 amide bonds. The molecule has 0 radical (unpaired) electrons. The van der Waals surface area contributed by atoms with Gasteiger partial charge in [-0.15, -0.1) is 0 Å². The molecule has 0 unspecified atom stereocenters. The van der Waals surface area contributed by atoms with Gasteiger partial charge in [0.15, 0.2) is 5.78 Å². The van der Waals surface area contributed by atoms with Crippen molar-refractivity contribution < 1.29 is 34.1 Å². The molecule has 1 heterocycles. The molecular weight excluding hydrogens is 292 g/mol. The largest absolute Gasteiger partial charge is 0.508 e. The number of esters is 1. The smallest absolute Gasteiger partial charge is 0.373 e. The Morgan fingerprint density at radius 1 is 1.14 bits per heavy atom. The number of phenolic OH excluding ortho intramolecular Hbond substituents is 3. The summed E-state index contributed by atoms with van der Waals surface area (Å²) in [5.41, 5.74) is 0.121. The second-order valence-corrected chi connectivity index (χ2v) is 4.64. The Labute approximate surface area is 125 Å². The van der Waals surface area contributed by atoms with Gasteiger partial charge in [-0.05, 0) is 13.0 Å². The quantitative estimate of drug-likeness (QED) is 0.583. The first-order valence-corrected chi connectivity index (χ1v) is 6.29. The zero-order valence-electron chi connectivity index (χ0n) is 11.9. The minimum atomic E-state index is -0.669. The molecule has 0 aliphatic heterocycles. The third-order valence-electron chi connectivity index (χ3n) is 3.12. The zero-order valence-corrected chi connectivity index (χ0v) is 11.9. The van der Waals surface area contributed by atoms with E-state index >= 15 is 0 Å². The molecule has 1 aromatic heterocycles. The van der Waals surface area contributed by atoms with Crippen LogP contribution in [0, 0.1) is 6.92 Å². The first-order chi connectivity index (χ1) is 10.3. The Balaban J connectivity index is 2.30. The van der Waals surface area contributed by atoms with Gasteiger partial charge in [-0.2, -0.15) is 0 Å². The van der Waals surface area contributed by atoms with Crippen molar-refractivity contribution in [2.45, 2.75) is 13.3 Å². The third-order valence-corrected chi connectivity index (χ3v) is 3.12. The molecule has 0 aliphatic carbocycles.